The van der Waals surface area contributed by atoms with E-state index in [1.807, 2.05) is 20.9 Å². The van der Waals surface area contributed by atoms with Crippen LogP contribution < -0.4 is 0 Å². The van der Waals surface area contributed by atoms with Crippen molar-refractivity contribution in [3.63, 3.8) is 0 Å². The molecule has 0 radical (unpaired) electrons. The van der Waals surface area contributed by atoms with E-state index in [0.717, 1.165) is 45.4 Å². The Morgan fingerprint density at radius 2 is 2.10 bits per heavy atom. The number of likely N-dealkylation sites (tertiary alicyclic amines) is 1. The normalized spacial score (nSPS) is 30.8. The van der Waals surface area contributed by atoms with Gasteiger partial charge in [0.1, 0.15) is 12.1 Å². The largest absolute Gasteiger partial charge is 0.461 e. The topological polar surface area (TPSA) is 53.0 Å². The average molecular weight is 284 g/mol. The van der Waals surface area contributed by atoms with Crippen molar-refractivity contribution in [3.8, 4) is 0 Å². The molecule has 5 nitrogen and oxygen atoms in total. The van der Waals surface area contributed by atoms with E-state index in [-0.39, 0.29) is 24.2 Å². The fraction of sp³-hybridized carbons (Fsp3) is 0.933. The Balaban J connectivity index is 1.73. The number of aliphatic hydroxyl groups excluding tert-OH is 1. The van der Waals surface area contributed by atoms with Gasteiger partial charge in [-0.15, -0.1) is 0 Å². The fourth-order valence-corrected chi connectivity index (χ4v) is 3.36. The van der Waals surface area contributed by atoms with Crippen molar-refractivity contribution in [2.45, 2.75) is 51.4 Å². The molecule has 20 heavy (non-hydrogen) atoms. The van der Waals surface area contributed by atoms with Gasteiger partial charge in [-0.05, 0) is 52.7 Å². The molecule has 116 valence electrons. The molecule has 2 aliphatic heterocycles. The van der Waals surface area contributed by atoms with Crippen molar-refractivity contribution >= 4 is 5.97 Å². The summed E-state index contributed by atoms with van der Waals surface area (Å²) in [6.07, 6.45) is 2.92. The minimum atomic E-state index is -0.246. The molecule has 0 aliphatic carbocycles. The maximum absolute atomic E-state index is 11.7. The molecule has 2 aliphatic rings. The number of piperidine rings is 1. The number of β-amino-alcohol motifs (C(OH)–C–C–N with tert-alkyl or cyclic N) is 1. The van der Waals surface area contributed by atoms with Crippen molar-refractivity contribution < 1.29 is 14.6 Å². The fourth-order valence-electron chi connectivity index (χ4n) is 3.36. The van der Waals surface area contributed by atoms with Gasteiger partial charge in [0.05, 0.1) is 6.10 Å². The Bertz CT molecular complexity index is 327. The van der Waals surface area contributed by atoms with Crippen LogP contribution in [-0.2, 0) is 9.53 Å². The Kier molecular flexibility index (Phi) is 5.41. The highest BCUT2D eigenvalue weighted by molar-refractivity contribution is 5.77. The lowest BCUT2D eigenvalue weighted by Crippen LogP contribution is -2.43. The summed E-state index contributed by atoms with van der Waals surface area (Å²) in [5.41, 5.74) is 0. The molecule has 0 saturated carbocycles. The minimum absolute atomic E-state index is 0.0551. The molecular formula is C15H28N2O3. The van der Waals surface area contributed by atoms with Gasteiger partial charge in [0.15, 0.2) is 0 Å². The summed E-state index contributed by atoms with van der Waals surface area (Å²) in [6.45, 7) is 7.64. The van der Waals surface area contributed by atoms with Crippen LogP contribution in [0.1, 0.15) is 33.1 Å². The number of hydrogen-bond donors (Lipinski definition) is 1. The number of nitrogens with zero attached hydrogens (tertiary/aromatic N) is 2. The molecule has 0 unspecified atom stereocenters. The maximum Gasteiger partial charge on any atom is 0.323 e. The Morgan fingerprint density at radius 1 is 1.45 bits per heavy atom. The second-order valence-corrected chi connectivity index (χ2v) is 6.53. The molecule has 0 aromatic carbocycles. The van der Waals surface area contributed by atoms with E-state index in [9.17, 15) is 9.90 Å². The SMILES string of the molecule is C[C@H](O)CN1CCC(CN(C)[C@@H]2C[C@H](C)OC2=O)CC1. The Labute approximate surface area is 121 Å². The predicted molar refractivity (Wildman–Crippen MR) is 77.4 cm³/mol. The molecule has 0 aromatic heterocycles. The lowest BCUT2D eigenvalue weighted by Gasteiger charge is -2.35. The van der Waals surface area contributed by atoms with Crippen molar-refractivity contribution in [2.24, 2.45) is 5.92 Å². The Morgan fingerprint density at radius 3 is 2.60 bits per heavy atom. The molecule has 3 atom stereocenters. The molecule has 0 aromatic rings. The zero-order chi connectivity index (χ0) is 14.7. The second-order valence-electron chi connectivity index (χ2n) is 6.53. The van der Waals surface area contributed by atoms with E-state index in [1.54, 1.807) is 0 Å². The third-order valence-electron chi connectivity index (χ3n) is 4.45. The van der Waals surface area contributed by atoms with E-state index in [1.165, 1.54) is 0 Å². The van der Waals surface area contributed by atoms with Crippen LogP contribution >= 0.6 is 0 Å². The number of ether oxygens (including phenoxy) is 1. The molecule has 1 N–H and O–H groups in total. The highest BCUT2D eigenvalue weighted by Crippen LogP contribution is 2.23. The van der Waals surface area contributed by atoms with Gasteiger partial charge in [-0.2, -0.15) is 0 Å². The van der Waals surface area contributed by atoms with E-state index in [0.29, 0.717) is 5.92 Å². The van der Waals surface area contributed by atoms with Crippen molar-refractivity contribution in [3.05, 3.63) is 0 Å². The predicted octanol–water partition coefficient (Wildman–Crippen LogP) is 0.715. The first-order chi connectivity index (χ1) is 9.45. The van der Waals surface area contributed by atoms with Gasteiger partial charge in [-0.1, -0.05) is 0 Å². The molecule has 0 amide bonds. The van der Waals surface area contributed by atoms with Crippen LogP contribution in [0.3, 0.4) is 0 Å². The highest BCUT2D eigenvalue weighted by Gasteiger charge is 2.35. The average Bonchev–Trinajstić information content (AvgIpc) is 2.70. The summed E-state index contributed by atoms with van der Waals surface area (Å²) < 4.78 is 5.23. The first-order valence-corrected chi connectivity index (χ1v) is 7.77. The van der Waals surface area contributed by atoms with Gasteiger partial charge in [0.2, 0.25) is 0 Å². The number of aliphatic hydroxyl groups is 1. The zero-order valence-electron chi connectivity index (χ0n) is 12.9. The summed E-state index contributed by atoms with van der Waals surface area (Å²) in [6, 6.07) is -0.0551. The molecule has 5 heteroatoms. The number of carbonyl (C=O) groups is 1. The van der Waals surface area contributed by atoms with Gasteiger partial charge in [0, 0.05) is 19.5 Å². The lowest BCUT2D eigenvalue weighted by molar-refractivity contribution is -0.144. The number of hydrogen-bond acceptors (Lipinski definition) is 5. The van der Waals surface area contributed by atoms with E-state index in [2.05, 4.69) is 9.80 Å². The van der Waals surface area contributed by atoms with Crippen LogP contribution in [0.2, 0.25) is 0 Å². The third-order valence-corrected chi connectivity index (χ3v) is 4.45. The standard InChI is InChI=1S/C15H28N2O3/c1-11(18)9-17-6-4-13(5-7-17)10-16(3)14-8-12(2)20-15(14)19/h11-14,18H,4-10H2,1-3H3/t11-,12-,14+/m0/s1. The van der Waals surface area contributed by atoms with Gasteiger partial charge < -0.3 is 14.7 Å². The van der Waals surface area contributed by atoms with Crippen LogP contribution in [0.4, 0.5) is 0 Å². The summed E-state index contributed by atoms with van der Waals surface area (Å²) >= 11 is 0. The number of likely N-dealkylation sites (N-methyl/N-ethyl adjacent to an activating group) is 1. The molecule has 0 spiro atoms. The van der Waals surface area contributed by atoms with Crippen molar-refractivity contribution in [1.29, 1.82) is 0 Å². The van der Waals surface area contributed by atoms with E-state index >= 15 is 0 Å². The molecule has 2 saturated heterocycles. The molecule has 2 fully saturated rings. The van der Waals surface area contributed by atoms with Crippen molar-refractivity contribution in [1.82, 2.24) is 9.80 Å². The highest BCUT2D eigenvalue weighted by atomic mass is 16.6. The van der Waals surface area contributed by atoms with Crippen LogP contribution in [0.15, 0.2) is 0 Å². The smallest absolute Gasteiger partial charge is 0.323 e. The molecule has 2 heterocycles. The van der Waals surface area contributed by atoms with Crippen LogP contribution in [-0.4, -0.2) is 72.4 Å². The van der Waals surface area contributed by atoms with Gasteiger partial charge in [-0.3, -0.25) is 9.69 Å². The second kappa shape index (κ2) is 6.87. The van der Waals surface area contributed by atoms with Crippen LogP contribution in [0.5, 0.6) is 0 Å². The number of esters is 1. The van der Waals surface area contributed by atoms with Gasteiger partial charge in [-0.25, -0.2) is 0 Å². The van der Waals surface area contributed by atoms with E-state index in [4.69, 9.17) is 4.74 Å². The minimum Gasteiger partial charge on any atom is -0.461 e. The number of cyclic esters (lactones) is 1. The molecule has 2 rings (SSSR count). The van der Waals surface area contributed by atoms with Crippen LogP contribution in [0.25, 0.3) is 0 Å². The summed E-state index contributed by atoms with van der Waals surface area (Å²) in [5, 5.41) is 9.41. The molecule has 0 bridgehead atoms. The van der Waals surface area contributed by atoms with Crippen LogP contribution in [0, 0.1) is 5.92 Å². The van der Waals surface area contributed by atoms with Crippen molar-refractivity contribution in [2.75, 3.05) is 33.2 Å². The lowest BCUT2D eigenvalue weighted by atomic mass is 9.95. The number of rotatable bonds is 5. The third kappa shape index (κ3) is 4.17. The first kappa shape index (κ1) is 15.7. The first-order valence-electron chi connectivity index (χ1n) is 7.77. The number of carbonyl (C=O) groups excluding carboxylic acids is 1. The summed E-state index contributed by atoms with van der Waals surface area (Å²) in [4.78, 5) is 16.2. The molecular weight excluding hydrogens is 256 g/mol. The maximum atomic E-state index is 11.7. The van der Waals surface area contributed by atoms with E-state index < -0.39 is 0 Å². The summed E-state index contributed by atoms with van der Waals surface area (Å²) in [7, 11) is 2.03. The van der Waals surface area contributed by atoms with Gasteiger partial charge >= 0.3 is 5.97 Å². The quantitative estimate of drug-likeness (QED) is 0.754. The monoisotopic (exact) mass is 284 g/mol. The van der Waals surface area contributed by atoms with Gasteiger partial charge in [0.25, 0.3) is 0 Å². The summed E-state index contributed by atoms with van der Waals surface area (Å²) in [5.74, 6) is 0.584. The zero-order valence-corrected chi connectivity index (χ0v) is 12.9. The Hall–Kier alpha value is -0.650.